The van der Waals surface area contributed by atoms with Crippen molar-refractivity contribution in [2.45, 2.75) is 6.23 Å². The number of aliphatic hydroxyl groups is 1. The van der Waals surface area contributed by atoms with Gasteiger partial charge in [0.25, 0.3) is 0 Å². The second-order valence-corrected chi connectivity index (χ2v) is 3.12. The number of nitrogens with one attached hydrogen (secondary N) is 1. The van der Waals surface area contributed by atoms with Gasteiger partial charge in [0.05, 0.1) is 11.3 Å². The monoisotopic (exact) mass is 226 g/mol. The molecular weight excluding hydrogens is 220 g/mol. The van der Waals surface area contributed by atoms with E-state index in [0.717, 1.165) is 0 Å². The molecule has 0 bridgehead atoms. The molecule has 0 amide bonds. The van der Waals surface area contributed by atoms with Crippen molar-refractivity contribution >= 4 is 23.3 Å². The number of aliphatic hydroxyl groups excluding tert-OH is 1. The highest BCUT2D eigenvalue weighted by molar-refractivity contribution is 6.30. The molecule has 1 aromatic carbocycles. The predicted octanol–water partition coefficient (Wildman–Crippen LogP) is 1.03. The number of carbonyl (C=O) groups is 1. The van der Waals surface area contributed by atoms with Gasteiger partial charge in [-0.25, -0.2) is 4.79 Å². The molecule has 0 saturated heterocycles. The first-order valence-electron chi connectivity index (χ1n) is 3.91. The topological polar surface area (TPSA) is 93.4 Å². The Morgan fingerprint density at radius 2 is 2.27 bits per heavy atom. The summed E-state index contributed by atoms with van der Waals surface area (Å²) in [5.41, 5.74) is 0.389. The number of aliphatic carboxylic acids is 1. The van der Waals surface area contributed by atoms with Crippen LogP contribution in [0.2, 0.25) is 5.02 Å². The maximum atomic E-state index is 10.4. The van der Waals surface area contributed by atoms with Gasteiger partial charge in [0, 0.05) is 5.02 Å². The fourth-order valence-corrected chi connectivity index (χ4v) is 1.11. The summed E-state index contributed by atoms with van der Waals surface area (Å²) in [4.78, 5) is 10.4. The molecule has 3 N–H and O–H groups in total. The molecule has 1 atom stereocenters. The highest BCUT2D eigenvalue weighted by atomic mass is 35.5. The standard InChI is InChI=1S/C9H7ClN2O3/c10-6-2-1-5(4-11)7(3-6)12-8(13)9(14)15/h1-3,8,12-13H,(H,14,15). The minimum Gasteiger partial charge on any atom is -0.478 e. The van der Waals surface area contributed by atoms with Crippen LogP contribution in [0, 0.1) is 11.3 Å². The quantitative estimate of drug-likeness (QED) is 0.670. The zero-order valence-electron chi connectivity index (χ0n) is 7.44. The van der Waals surface area contributed by atoms with E-state index in [1.807, 2.05) is 6.07 Å². The van der Waals surface area contributed by atoms with Gasteiger partial charge in [0.2, 0.25) is 6.23 Å². The molecule has 0 aliphatic carbocycles. The molecule has 15 heavy (non-hydrogen) atoms. The summed E-state index contributed by atoms with van der Waals surface area (Å²) >= 11 is 5.66. The second-order valence-electron chi connectivity index (χ2n) is 2.69. The molecule has 78 valence electrons. The Balaban J connectivity index is 2.98. The Morgan fingerprint density at radius 3 is 2.80 bits per heavy atom. The molecule has 0 spiro atoms. The van der Waals surface area contributed by atoms with Crippen LogP contribution in [0.1, 0.15) is 5.56 Å². The minimum absolute atomic E-state index is 0.180. The Kier molecular flexibility index (Phi) is 3.50. The first-order chi connectivity index (χ1) is 7.04. The molecule has 1 rings (SSSR count). The summed E-state index contributed by atoms with van der Waals surface area (Å²) in [6.45, 7) is 0. The number of hydrogen-bond donors (Lipinski definition) is 3. The van der Waals surface area contributed by atoms with Gasteiger partial charge in [-0.05, 0) is 18.2 Å². The van der Waals surface area contributed by atoms with Gasteiger partial charge in [0.15, 0.2) is 0 Å². The molecule has 0 fully saturated rings. The SMILES string of the molecule is N#Cc1ccc(Cl)cc1NC(O)C(=O)O. The van der Waals surface area contributed by atoms with Gasteiger partial charge >= 0.3 is 5.97 Å². The normalized spacial score (nSPS) is 11.5. The lowest BCUT2D eigenvalue weighted by atomic mass is 10.2. The van der Waals surface area contributed by atoms with Crippen LogP contribution in [-0.4, -0.2) is 22.4 Å². The number of halogens is 1. The fraction of sp³-hybridized carbons (Fsp3) is 0.111. The number of carboxylic acids is 1. The lowest BCUT2D eigenvalue weighted by Gasteiger charge is -2.11. The number of nitrogens with zero attached hydrogens (tertiary/aromatic N) is 1. The van der Waals surface area contributed by atoms with Crippen molar-refractivity contribution in [2.75, 3.05) is 5.32 Å². The van der Waals surface area contributed by atoms with Gasteiger partial charge in [-0.15, -0.1) is 0 Å². The zero-order chi connectivity index (χ0) is 11.4. The number of benzene rings is 1. The second kappa shape index (κ2) is 4.64. The van der Waals surface area contributed by atoms with E-state index in [4.69, 9.17) is 27.1 Å². The van der Waals surface area contributed by atoms with E-state index in [1.165, 1.54) is 18.2 Å². The van der Waals surface area contributed by atoms with Crippen molar-refractivity contribution in [2.24, 2.45) is 0 Å². The number of nitriles is 1. The van der Waals surface area contributed by atoms with Crippen molar-refractivity contribution in [1.82, 2.24) is 0 Å². The number of rotatable bonds is 3. The first-order valence-corrected chi connectivity index (χ1v) is 4.29. The van der Waals surface area contributed by atoms with Gasteiger partial charge in [0.1, 0.15) is 6.07 Å². The summed E-state index contributed by atoms with van der Waals surface area (Å²) in [6, 6.07) is 6.14. The fourth-order valence-electron chi connectivity index (χ4n) is 0.942. The van der Waals surface area contributed by atoms with E-state index in [2.05, 4.69) is 5.32 Å². The molecule has 1 unspecified atom stereocenters. The van der Waals surface area contributed by atoms with Crippen molar-refractivity contribution in [1.29, 1.82) is 5.26 Å². The van der Waals surface area contributed by atoms with Gasteiger partial charge in [-0.3, -0.25) is 0 Å². The van der Waals surface area contributed by atoms with Crippen LogP contribution in [0.25, 0.3) is 0 Å². The molecule has 0 aliphatic heterocycles. The van der Waals surface area contributed by atoms with Gasteiger partial charge < -0.3 is 15.5 Å². The summed E-state index contributed by atoms with van der Waals surface area (Å²) < 4.78 is 0. The highest BCUT2D eigenvalue weighted by Gasteiger charge is 2.14. The van der Waals surface area contributed by atoms with Crippen LogP contribution in [-0.2, 0) is 4.79 Å². The van der Waals surface area contributed by atoms with Crippen LogP contribution < -0.4 is 5.32 Å². The Labute approximate surface area is 90.5 Å². The lowest BCUT2D eigenvalue weighted by Crippen LogP contribution is -2.28. The van der Waals surface area contributed by atoms with Crippen molar-refractivity contribution in [3.63, 3.8) is 0 Å². The number of carboxylic acid groups (broad SMARTS) is 1. The van der Waals surface area contributed by atoms with E-state index in [9.17, 15) is 4.79 Å². The summed E-state index contributed by atoms with van der Waals surface area (Å²) in [6.07, 6.45) is -1.77. The minimum atomic E-state index is -1.77. The number of hydrogen-bond acceptors (Lipinski definition) is 4. The first kappa shape index (κ1) is 11.3. The summed E-state index contributed by atoms with van der Waals surface area (Å²) in [5, 5.41) is 28.8. The molecule has 5 nitrogen and oxygen atoms in total. The number of anilines is 1. The third-order valence-corrected chi connectivity index (χ3v) is 1.86. The highest BCUT2D eigenvalue weighted by Crippen LogP contribution is 2.20. The smallest absolute Gasteiger partial charge is 0.353 e. The van der Waals surface area contributed by atoms with E-state index in [0.29, 0.717) is 5.02 Å². The van der Waals surface area contributed by atoms with E-state index in [-0.39, 0.29) is 11.3 Å². The molecule has 6 heteroatoms. The Bertz CT molecular complexity index is 428. The van der Waals surface area contributed by atoms with Crippen LogP contribution in [0.5, 0.6) is 0 Å². The van der Waals surface area contributed by atoms with E-state index < -0.39 is 12.2 Å². The van der Waals surface area contributed by atoms with Gasteiger partial charge in [-0.2, -0.15) is 5.26 Å². The molecule has 0 aliphatic rings. The van der Waals surface area contributed by atoms with Crippen molar-refractivity contribution in [3.05, 3.63) is 28.8 Å². The molecular formula is C9H7ClN2O3. The average Bonchev–Trinajstić information content (AvgIpc) is 2.18. The molecule has 0 radical (unpaired) electrons. The molecule has 0 heterocycles. The molecule has 0 saturated carbocycles. The van der Waals surface area contributed by atoms with Crippen LogP contribution >= 0.6 is 11.6 Å². The van der Waals surface area contributed by atoms with Crippen molar-refractivity contribution in [3.8, 4) is 6.07 Å². The van der Waals surface area contributed by atoms with Gasteiger partial charge in [-0.1, -0.05) is 11.6 Å². The van der Waals surface area contributed by atoms with E-state index >= 15 is 0 Å². The Morgan fingerprint density at radius 1 is 1.60 bits per heavy atom. The van der Waals surface area contributed by atoms with Crippen LogP contribution in [0.3, 0.4) is 0 Å². The average molecular weight is 227 g/mol. The van der Waals surface area contributed by atoms with Crippen molar-refractivity contribution < 1.29 is 15.0 Å². The van der Waals surface area contributed by atoms with Crippen LogP contribution in [0.4, 0.5) is 5.69 Å². The Hall–Kier alpha value is -1.77. The maximum absolute atomic E-state index is 10.4. The predicted molar refractivity (Wildman–Crippen MR) is 53.4 cm³/mol. The third kappa shape index (κ3) is 2.84. The lowest BCUT2D eigenvalue weighted by molar-refractivity contribution is -0.145. The molecule has 1 aromatic rings. The third-order valence-electron chi connectivity index (χ3n) is 1.63. The van der Waals surface area contributed by atoms with Crippen LogP contribution in [0.15, 0.2) is 18.2 Å². The summed E-state index contributed by atoms with van der Waals surface area (Å²) in [7, 11) is 0. The largest absolute Gasteiger partial charge is 0.478 e. The zero-order valence-corrected chi connectivity index (χ0v) is 8.19. The van der Waals surface area contributed by atoms with E-state index in [1.54, 1.807) is 0 Å². The molecule has 0 aromatic heterocycles. The maximum Gasteiger partial charge on any atom is 0.353 e. The summed E-state index contributed by atoms with van der Waals surface area (Å²) in [5.74, 6) is -1.43.